The molecule has 1 saturated carbocycles. The smallest absolute Gasteiger partial charge is 0.369 e. The maximum absolute atomic E-state index is 12.7. The topological polar surface area (TPSA) is 91.8 Å². The molecular formula is C20H23F3N4O4S. The lowest BCUT2D eigenvalue weighted by Gasteiger charge is -2.61. The second-order valence-electron chi connectivity index (χ2n) is 9.54. The number of nitrogens with zero attached hydrogens (tertiary/aromatic N) is 3. The van der Waals surface area contributed by atoms with Crippen LogP contribution in [0.15, 0.2) is 23.4 Å². The Hall–Kier alpha value is -2.21. The van der Waals surface area contributed by atoms with E-state index >= 15 is 0 Å². The van der Waals surface area contributed by atoms with Crippen molar-refractivity contribution in [3.63, 3.8) is 0 Å². The average Bonchev–Trinajstić information content (AvgIpc) is 2.65. The molecule has 3 amide bonds. The highest BCUT2D eigenvalue weighted by Gasteiger charge is 2.56. The third kappa shape index (κ3) is 3.87. The minimum Gasteiger partial charge on any atom is -0.369 e. The van der Waals surface area contributed by atoms with Crippen LogP contribution in [0.2, 0.25) is 0 Å². The number of ether oxygens (including phenoxy) is 1. The Morgan fingerprint density at radius 3 is 2.56 bits per heavy atom. The number of carbonyl (C=O) groups excluding carboxylic acids is 2. The molecule has 2 spiro atoms. The number of rotatable bonds is 3. The molecule has 1 aliphatic carbocycles. The zero-order chi connectivity index (χ0) is 22.7. The molecule has 0 aromatic carbocycles. The molecule has 0 bridgehead atoms. The Balaban J connectivity index is 1.08. The molecule has 4 aliphatic rings. The first-order valence-electron chi connectivity index (χ1n) is 10.4. The molecule has 1 aromatic rings. The Bertz CT molecular complexity index is 968. The highest BCUT2D eigenvalue weighted by Crippen LogP contribution is 2.53. The van der Waals surface area contributed by atoms with Gasteiger partial charge in [0.15, 0.2) is 10.8 Å². The monoisotopic (exact) mass is 472 g/mol. The van der Waals surface area contributed by atoms with Crippen LogP contribution in [0.1, 0.15) is 18.4 Å². The average molecular weight is 472 g/mol. The first-order valence-corrected chi connectivity index (χ1v) is 11.6. The summed E-state index contributed by atoms with van der Waals surface area (Å²) < 4.78 is 54.9. The highest BCUT2D eigenvalue weighted by atomic mass is 32.2. The van der Waals surface area contributed by atoms with Crippen LogP contribution < -0.4 is 5.32 Å². The number of pyridine rings is 1. The van der Waals surface area contributed by atoms with Crippen molar-refractivity contribution < 1.29 is 31.7 Å². The summed E-state index contributed by atoms with van der Waals surface area (Å²) in [6.07, 6.45) is 4.90. The number of likely N-dealkylation sites (tertiary alicyclic amines) is 2. The number of amides is 3. The first-order chi connectivity index (χ1) is 15.1. The van der Waals surface area contributed by atoms with Crippen LogP contribution in [0.3, 0.4) is 0 Å². The molecule has 0 radical (unpaired) electrons. The van der Waals surface area contributed by atoms with Crippen LogP contribution in [0.4, 0.5) is 18.0 Å². The van der Waals surface area contributed by atoms with Crippen molar-refractivity contribution >= 4 is 22.7 Å². The van der Waals surface area contributed by atoms with E-state index in [1.165, 1.54) is 12.3 Å². The molecule has 1 atom stereocenters. The number of urea groups is 1. The van der Waals surface area contributed by atoms with Gasteiger partial charge in [0.05, 0.1) is 17.0 Å². The van der Waals surface area contributed by atoms with Crippen LogP contribution in [0.25, 0.3) is 0 Å². The standard InChI is InChI=1S/C20H23F3N4O4S/c21-20(22,23)32(30)15-2-13(5-24-6-15)1-14-3-18(4-14)8-26(9-18)17(29)27-10-19(11-27)12-31-7-16(28)25-19/h2,5-6,14H,1,3-4,7-12H2,(H,25,28). The Morgan fingerprint density at radius 2 is 1.91 bits per heavy atom. The van der Waals surface area contributed by atoms with E-state index < -0.39 is 21.8 Å². The summed E-state index contributed by atoms with van der Waals surface area (Å²) in [6, 6.07) is 1.29. The quantitative estimate of drug-likeness (QED) is 0.716. The van der Waals surface area contributed by atoms with Crippen molar-refractivity contribution in [2.24, 2.45) is 11.3 Å². The van der Waals surface area contributed by atoms with Gasteiger partial charge in [-0.15, -0.1) is 0 Å². The zero-order valence-corrected chi connectivity index (χ0v) is 18.0. The fourth-order valence-corrected chi connectivity index (χ4v) is 6.19. The van der Waals surface area contributed by atoms with E-state index in [0.29, 0.717) is 50.7 Å². The van der Waals surface area contributed by atoms with Crippen molar-refractivity contribution in [3.8, 4) is 0 Å². The third-order valence-electron chi connectivity index (χ3n) is 6.76. The lowest BCUT2D eigenvalue weighted by atomic mass is 9.56. The molecule has 12 heteroatoms. The molecule has 4 heterocycles. The number of carbonyl (C=O) groups is 2. The molecule has 1 unspecified atom stereocenters. The van der Waals surface area contributed by atoms with E-state index in [-0.39, 0.29) is 28.9 Å². The molecule has 3 aliphatic heterocycles. The van der Waals surface area contributed by atoms with E-state index in [9.17, 15) is 27.0 Å². The molecule has 32 heavy (non-hydrogen) atoms. The van der Waals surface area contributed by atoms with Gasteiger partial charge >= 0.3 is 11.5 Å². The number of aromatic nitrogens is 1. The van der Waals surface area contributed by atoms with Crippen LogP contribution in [-0.4, -0.2) is 81.4 Å². The van der Waals surface area contributed by atoms with Gasteiger partial charge in [-0.25, -0.2) is 9.00 Å². The number of alkyl halides is 3. The lowest BCUT2D eigenvalue weighted by molar-refractivity contribution is -0.142. The maximum atomic E-state index is 12.7. The van der Waals surface area contributed by atoms with Crippen molar-refractivity contribution in [1.29, 1.82) is 0 Å². The molecule has 174 valence electrons. The van der Waals surface area contributed by atoms with Crippen LogP contribution in [0.5, 0.6) is 0 Å². The summed E-state index contributed by atoms with van der Waals surface area (Å²) in [4.78, 5) is 31.2. The zero-order valence-electron chi connectivity index (χ0n) is 17.2. The van der Waals surface area contributed by atoms with Gasteiger partial charge in [-0.2, -0.15) is 13.2 Å². The molecule has 1 aromatic heterocycles. The van der Waals surface area contributed by atoms with Crippen molar-refractivity contribution in [3.05, 3.63) is 24.0 Å². The van der Waals surface area contributed by atoms with Gasteiger partial charge in [0, 0.05) is 44.0 Å². The van der Waals surface area contributed by atoms with Crippen LogP contribution >= 0.6 is 0 Å². The second-order valence-corrected chi connectivity index (χ2v) is 11.0. The summed E-state index contributed by atoms with van der Waals surface area (Å²) in [5.41, 5.74) is -4.51. The fourth-order valence-electron chi connectivity index (χ4n) is 5.51. The maximum Gasteiger partial charge on any atom is 0.475 e. The van der Waals surface area contributed by atoms with Gasteiger partial charge in [-0.05, 0) is 36.8 Å². The normalized spacial score (nSPS) is 25.0. The molecule has 5 rings (SSSR count). The number of morpholine rings is 1. The molecule has 1 N–H and O–H groups in total. The minimum atomic E-state index is -4.80. The third-order valence-corrected chi connectivity index (χ3v) is 7.83. The SMILES string of the molecule is O=C1COCC2(CN(C(=O)N3CC4(CC(Cc5cncc(S(=O)C(F)(F)F)c5)C4)C3)C2)N1. The number of nitrogens with one attached hydrogen (secondary N) is 1. The fraction of sp³-hybridized carbons (Fsp3) is 0.650. The van der Waals surface area contributed by atoms with Crippen LogP contribution in [0, 0.1) is 11.3 Å². The van der Waals surface area contributed by atoms with Gasteiger partial charge in [0.1, 0.15) is 6.61 Å². The van der Waals surface area contributed by atoms with Gasteiger partial charge in [0.2, 0.25) is 5.91 Å². The van der Waals surface area contributed by atoms with Crippen molar-refractivity contribution in [1.82, 2.24) is 20.1 Å². The summed E-state index contributed by atoms with van der Waals surface area (Å²) in [7, 11) is -3.07. The summed E-state index contributed by atoms with van der Waals surface area (Å²) in [5.74, 6) is 0.155. The van der Waals surface area contributed by atoms with Gasteiger partial charge in [0.25, 0.3) is 0 Å². The number of hydrogen-bond acceptors (Lipinski definition) is 5. The second kappa shape index (κ2) is 7.41. The summed E-state index contributed by atoms with van der Waals surface area (Å²) in [5, 5.41) is 2.91. The van der Waals surface area contributed by atoms with Gasteiger partial charge < -0.3 is 19.9 Å². The van der Waals surface area contributed by atoms with Crippen molar-refractivity contribution in [2.45, 2.75) is 35.2 Å². The number of hydrogen-bond donors (Lipinski definition) is 1. The molecule has 8 nitrogen and oxygen atoms in total. The van der Waals surface area contributed by atoms with E-state index in [2.05, 4.69) is 10.3 Å². The molecule has 3 saturated heterocycles. The Kier molecular flexibility index (Phi) is 5.01. The lowest BCUT2D eigenvalue weighted by Crippen LogP contribution is -2.78. The Labute approximate surface area is 184 Å². The van der Waals surface area contributed by atoms with Crippen LogP contribution in [-0.2, 0) is 26.8 Å². The first kappa shape index (κ1) is 21.6. The minimum absolute atomic E-state index is 0.0314. The van der Waals surface area contributed by atoms with E-state index in [0.717, 1.165) is 19.0 Å². The van der Waals surface area contributed by atoms with Gasteiger partial charge in [-0.1, -0.05) is 0 Å². The van der Waals surface area contributed by atoms with E-state index in [1.807, 2.05) is 4.90 Å². The predicted octanol–water partition coefficient (Wildman–Crippen LogP) is 1.28. The number of halogens is 3. The van der Waals surface area contributed by atoms with E-state index in [4.69, 9.17) is 4.74 Å². The summed E-state index contributed by atoms with van der Waals surface area (Å²) >= 11 is 0. The molecule has 4 fully saturated rings. The summed E-state index contributed by atoms with van der Waals surface area (Å²) in [6.45, 7) is 2.72. The largest absolute Gasteiger partial charge is 0.475 e. The van der Waals surface area contributed by atoms with Crippen molar-refractivity contribution in [2.75, 3.05) is 39.4 Å². The highest BCUT2D eigenvalue weighted by molar-refractivity contribution is 7.86. The Morgan fingerprint density at radius 1 is 1.22 bits per heavy atom. The van der Waals surface area contributed by atoms with E-state index in [1.54, 1.807) is 4.90 Å². The van der Waals surface area contributed by atoms with Gasteiger partial charge in [-0.3, -0.25) is 9.78 Å². The molecular weight excluding hydrogens is 449 g/mol. The predicted molar refractivity (Wildman–Crippen MR) is 106 cm³/mol.